The highest BCUT2D eigenvalue weighted by Gasteiger charge is 2.26. The molecule has 0 saturated carbocycles. The van der Waals surface area contributed by atoms with Crippen LogP contribution in [0.25, 0.3) is 5.69 Å². The third kappa shape index (κ3) is 3.14. The van der Waals surface area contributed by atoms with Crippen molar-refractivity contribution < 1.29 is 4.79 Å². The van der Waals surface area contributed by atoms with E-state index in [2.05, 4.69) is 15.3 Å². The van der Waals surface area contributed by atoms with Gasteiger partial charge in [0.25, 0.3) is 5.91 Å². The second-order valence-electron chi connectivity index (χ2n) is 7.01. The van der Waals surface area contributed by atoms with E-state index in [0.717, 1.165) is 48.6 Å². The molecule has 0 radical (unpaired) electrons. The third-order valence-corrected chi connectivity index (χ3v) is 5.07. The van der Waals surface area contributed by atoms with Crippen molar-refractivity contribution in [3.63, 3.8) is 0 Å². The summed E-state index contributed by atoms with van der Waals surface area (Å²) in [7, 11) is 0. The van der Waals surface area contributed by atoms with Gasteiger partial charge in [-0.3, -0.25) is 9.89 Å². The fourth-order valence-corrected chi connectivity index (χ4v) is 3.74. The fourth-order valence-electron chi connectivity index (χ4n) is 3.74. The summed E-state index contributed by atoms with van der Waals surface area (Å²) < 4.78 is 1.90. The van der Waals surface area contributed by atoms with E-state index in [1.807, 2.05) is 66.2 Å². The number of hydrogen-bond donors (Lipinski definition) is 1. The van der Waals surface area contributed by atoms with Crippen molar-refractivity contribution >= 4 is 5.91 Å². The number of benzene rings is 1. The Hall–Kier alpha value is -2.89. The van der Waals surface area contributed by atoms with E-state index < -0.39 is 0 Å². The summed E-state index contributed by atoms with van der Waals surface area (Å²) >= 11 is 0. The zero-order chi connectivity index (χ0) is 18.1. The smallest absolute Gasteiger partial charge is 0.253 e. The van der Waals surface area contributed by atoms with Gasteiger partial charge in [-0.1, -0.05) is 0 Å². The van der Waals surface area contributed by atoms with Crippen molar-refractivity contribution in [3.8, 4) is 5.69 Å². The molecule has 1 aliphatic rings. The molecule has 6 nitrogen and oxygen atoms in total. The predicted octanol–water partition coefficient (Wildman–Crippen LogP) is 3.23. The molecule has 1 unspecified atom stereocenters. The van der Waals surface area contributed by atoms with Crippen LogP contribution in [0.3, 0.4) is 0 Å². The zero-order valence-electron chi connectivity index (χ0n) is 15.1. The molecule has 0 bridgehead atoms. The van der Waals surface area contributed by atoms with E-state index in [4.69, 9.17) is 0 Å². The Bertz CT molecular complexity index is 895. The molecule has 1 fully saturated rings. The van der Waals surface area contributed by atoms with Crippen LogP contribution in [-0.4, -0.2) is 43.9 Å². The van der Waals surface area contributed by atoms with Gasteiger partial charge in [-0.25, -0.2) is 4.68 Å². The van der Waals surface area contributed by atoms with Gasteiger partial charge >= 0.3 is 0 Å². The topological polar surface area (TPSA) is 66.8 Å². The maximum absolute atomic E-state index is 12.9. The van der Waals surface area contributed by atoms with Gasteiger partial charge < -0.3 is 4.90 Å². The number of likely N-dealkylation sites (tertiary alicyclic amines) is 1. The standard InChI is InChI=1S/C20H23N5O/c1-14-10-15(2)25(23-14)19-7-5-16(6-8-19)20(26)24-9-3-4-17(13-24)18-11-21-22-12-18/h5-8,10-12,17H,3-4,9,13H2,1-2H3,(H,21,22). The molecule has 4 rings (SSSR count). The largest absolute Gasteiger partial charge is 0.338 e. The molecule has 1 aliphatic heterocycles. The Morgan fingerprint density at radius 1 is 1.23 bits per heavy atom. The van der Waals surface area contributed by atoms with Crippen LogP contribution in [0.1, 0.15) is 46.1 Å². The first-order valence-corrected chi connectivity index (χ1v) is 9.03. The number of nitrogens with zero attached hydrogens (tertiary/aromatic N) is 4. The van der Waals surface area contributed by atoms with Gasteiger partial charge in [0.15, 0.2) is 0 Å². The number of hydrogen-bond acceptors (Lipinski definition) is 3. The molecule has 2 aromatic heterocycles. The van der Waals surface area contributed by atoms with Crippen LogP contribution in [0.4, 0.5) is 0 Å². The monoisotopic (exact) mass is 349 g/mol. The second kappa shape index (κ2) is 6.78. The summed E-state index contributed by atoms with van der Waals surface area (Å²) in [5.41, 5.74) is 4.95. The van der Waals surface area contributed by atoms with Crippen LogP contribution in [0.15, 0.2) is 42.7 Å². The highest BCUT2D eigenvalue weighted by Crippen LogP contribution is 2.27. The fraction of sp³-hybridized carbons (Fsp3) is 0.350. The molecule has 1 atom stereocenters. The van der Waals surface area contributed by atoms with Crippen molar-refractivity contribution in [2.75, 3.05) is 13.1 Å². The molecule has 6 heteroatoms. The Labute approximate surface area is 152 Å². The number of rotatable bonds is 3. The van der Waals surface area contributed by atoms with Gasteiger partial charge in [0.2, 0.25) is 0 Å². The molecule has 3 heterocycles. The molecule has 1 aromatic carbocycles. The molecule has 26 heavy (non-hydrogen) atoms. The van der Waals surface area contributed by atoms with Gasteiger partial charge in [-0.15, -0.1) is 0 Å². The van der Waals surface area contributed by atoms with Crippen molar-refractivity contribution in [1.29, 1.82) is 0 Å². The normalized spacial score (nSPS) is 17.5. The average molecular weight is 349 g/mol. The van der Waals surface area contributed by atoms with Crippen LogP contribution in [0.2, 0.25) is 0 Å². The maximum Gasteiger partial charge on any atom is 0.253 e. The summed E-state index contributed by atoms with van der Waals surface area (Å²) in [5, 5.41) is 11.4. The van der Waals surface area contributed by atoms with Crippen LogP contribution in [0, 0.1) is 13.8 Å². The number of nitrogens with one attached hydrogen (secondary N) is 1. The Morgan fingerprint density at radius 3 is 2.69 bits per heavy atom. The van der Waals surface area contributed by atoms with E-state index in [-0.39, 0.29) is 5.91 Å². The lowest BCUT2D eigenvalue weighted by molar-refractivity contribution is 0.0707. The van der Waals surface area contributed by atoms with Gasteiger partial charge in [-0.05, 0) is 62.6 Å². The SMILES string of the molecule is Cc1cc(C)n(-c2ccc(C(=O)N3CCCC(c4cn[nH]c4)C3)cc2)n1. The van der Waals surface area contributed by atoms with E-state index in [9.17, 15) is 4.79 Å². The molecular weight excluding hydrogens is 326 g/mol. The molecule has 1 N–H and O–H groups in total. The Kier molecular flexibility index (Phi) is 4.32. The molecule has 1 saturated heterocycles. The molecular formula is C20H23N5O. The molecule has 3 aromatic rings. The van der Waals surface area contributed by atoms with Crippen LogP contribution in [-0.2, 0) is 0 Å². The third-order valence-electron chi connectivity index (χ3n) is 5.07. The van der Waals surface area contributed by atoms with Gasteiger partial charge in [-0.2, -0.15) is 10.2 Å². The molecule has 134 valence electrons. The minimum absolute atomic E-state index is 0.0955. The lowest BCUT2D eigenvalue weighted by atomic mass is 9.92. The lowest BCUT2D eigenvalue weighted by Gasteiger charge is -2.32. The van der Waals surface area contributed by atoms with Crippen LogP contribution in [0.5, 0.6) is 0 Å². The number of aromatic nitrogens is 4. The summed E-state index contributed by atoms with van der Waals surface area (Å²) in [5.74, 6) is 0.457. The van der Waals surface area contributed by atoms with E-state index in [1.165, 1.54) is 5.56 Å². The molecule has 0 aliphatic carbocycles. The maximum atomic E-state index is 12.9. The molecule has 1 amide bonds. The number of piperidine rings is 1. The minimum Gasteiger partial charge on any atom is -0.338 e. The zero-order valence-corrected chi connectivity index (χ0v) is 15.1. The van der Waals surface area contributed by atoms with Crippen molar-refractivity contribution in [3.05, 3.63) is 65.2 Å². The Balaban J connectivity index is 1.50. The lowest BCUT2D eigenvalue weighted by Crippen LogP contribution is -2.39. The number of carbonyl (C=O) groups is 1. The van der Waals surface area contributed by atoms with E-state index in [1.54, 1.807) is 0 Å². The van der Waals surface area contributed by atoms with Crippen molar-refractivity contribution in [2.45, 2.75) is 32.6 Å². The first kappa shape index (κ1) is 16.6. The second-order valence-corrected chi connectivity index (χ2v) is 7.01. The Morgan fingerprint density at radius 2 is 2.04 bits per heavy atom. The summed E-state index contributed by atoms with van der Waals surface area (Å²) in [6, 6.07) is 9.77. The van der Waals surface area contributed by atoms with Gasteiger partial charge in [0.05, 0.1) is 17.6 Å². The number of aromatic amines is 1. The van der Waals surface area contributed by atoms with Crippen molar-refractivity contribution in [1.82, 2.24) is 24.9 Å². The summed E-state index contributed by atoms with van der Waals surface area (Å²) in [6.07, 6.45) is 5.91. The van der Waals surface area contributed by atoms with Crippen LogP contribution < -0.4 is 0 Å². The van der Waals surface area contributed by atoms with Gasteiger partial charge in [0.1, 0.15) is 0 Å². The van der Waals surface area contributed by atoms with E-state index in [0.29, 0.717) is 5.92 Å². The number of aryl methyl sites for hydroxylation is 2. The van der Waals surface area contributed by atoms with Crippen LogP contribution >= 0.6 is 0 Å². The summed E-state index contributed by atoms with van der Waals surface area (Å²) in [4.78, 5) is 14.9. The van der Waals surface area contributed by atoms with Crippen molar-refractivity contribution in [2.24, 2.45) is 0 Å². The number of amides is 1. The first-order chi connectivity index (χ1) is 12.6. The summed E-state index contributed by atoms with van der Waals surface area (Å²) in [6.45, 7) is 5.57. The van der Waals surface area contributed by atoms with E-state index >= 15 is 0 Å². The number of carbonyl (C=O) groups excluding carboxylic acids is 1. The number of H-pyrrole nitrogens is 1. The minimum atomic E-state index is 0.0955. The highest BCUT2D eigenvalue weighted by atomic mass is 16.2. The first-order valence-electron chi connectivity index (χ1n) is 9.03. The quantitative estimate of drug-likeness (QED) is 0.789. The van der Waals surface area contributed by atoms with Gasteiger partial charge in [0, 0.05) is 36.5 Å². The molecule has 0 spiro atoms. The average Bonchev–Trinajstić information content (AvgIpc) is 3.31. The highest BCUT2D eigenvalue weighted by molar-refractivity contribution is 5.94. The predicted molar refractivity (Wildman–Crippen MR) is 99.5 cm³/mol.